The third-order valence-corrected chi connectivity index (χ3v) is 11.2. The quantitative estimate of drug-likeness (QED) is 0.0263. The maximum Gasteiger partial charge on any atom is 0.303 e. The van der Waals surface area contributed by atoms with Gasteiger partial charge in [0.1, 0.15) is 0 Å². The summed E-state index contributed by atoms with van der Waals surface area (Å²) in [5.41, 5.74) is 0. The van der Waals surface area contributed by atoms with Crippen LogP contribution in [0.2, 0.25) is 0 Å². The molecular weight excluding hydrogens is 1050 g/mol. The standard InChI is InChI=1S/4C12H24O2.4C3H6O2.2ClH/c4*1-2-3-4-5-6-7-8-9-10-11-12(13)14;4*1-2-3(4)5;;/h4*2-11H2,1H3,(H,13,14);4*2H2,1H3,(H,4,5);2*1H. The van der Waals surface area contributed by atoms with Crippen molar-refractivity contribution in [2.75, 3.05) is 0 Å². The molecule has 0 radical (unpaired) electrons. The fourth-order valence-corrected chi connectivity index (χ4v) is 6.35. The van der Waals surface area contributed by atoms with Crippen LogP contribution in [0, 0.1) is 0 Å². The van der Waals surface area contributed by atoms with Gasteiger partial charge in [-0.1, -0.05) is 261 Å². The molecule has 0 rings (SSSR count). The van der Waals surface area contributed by atoms with Crippen LogP contribution in [0.25, 0.3) is 0 Å². The van der Waals surface area contributed by atoms with Crippen molar-refractivity contribution in [2.45, 2.75) is 338 Å². The summed E-state index contributed by atoms with van der Waals surface area (Å²) in [6, 6.07) is 0. The molecule has 0 spiro atoms. The summed E-state index contributed by atoms with van der Waals surface area (Å²) in [5.74, 6) is -5.62. The number of rotatable bonds is 44. The number of aliphatic carboxylic acids is 8. The zero-order valence-electron chi connectivity index (χ0n) is 50.8. The minimum absolute atomic E-state index is 0. The fourth-order valence-electron chi connectivity index (χ4n) is 6.35. The number of halogens is 2. The summed E-state index contributed by atoms with van der Waals surface area (Å²) in [6.45, 7) is 15.3. The highest BCUT2D eigenvalue weighted by atomic mass is 35.5. The highest BCUT2D eigenvalue weighted by Gasteiger charge is 2.00. The van der Waals surface area contributed by atoms with Gasteiger partial charge < -0.3 is 40.9 Å². The summed E-state index contributed by atoms with van der Waals surface area (Å²) >= 11 is 0. The van der Waals surface area contributed by atoms with Crippen molar-refractivity contribution < 1.29 is 79.2 Å². The largest absolute Gasteiger partial charge is 0.481 e. The predicted octanol–water partition coefficient (Wildman–Crippen LogP) is 18.7. The first-order valence-corrected chi connectivity index (χ1v) is 29.9. The Bertz CT molecular complexity index is 1050. The van der Waals surface area contributed by atoms with Crippen LogP contribution in [0.1, 0.15) is 338 Å². The molecule has 0 heterocycles. The van der Waals surface area contributed by atoms with E-state index in [1.165, 1.54) is 180 Å². The van der Waals surface area contributed by atoms with Crippen LogP contribution in [-0.2, 0) is 38.4 Å². The van der Waals surface area contributed by atoms with Crippen molar-refractivity contribution in [3.05, 3.63) is 0 Å². The minimum atomic E-state index is -0.745. The first kappa shape index (κ1) is 96.6. The zero-order valence-corrected chi connectivity index (χ0v) is 52.4. The summed E-state index contributed by atoms with van der Waals surface area (Å²) in [4.78, 5) is 78.3. The number of hydrogen-bond donors (Lipinski definition) is 8. The van der Waals surface area contributed by atoms with Crippen LogP contribution in [-0.4, -0.2) is 88.6 Å². The van der Waals surface area contributed by atoms with Gasteiger partial charge >= 0.3 is 47.8 Å². The lowest BCUT2D eigenvalue weighted by Crippen LogP contribution is -1.93. The van der Waals surface area contributed by atoms with E-state index < -0.39 is 47.8 Å². The number of carboxylic acids is 8. The van der Waals surface area contributed by atoms with Crippen LogP contribution in [0.15, 0.2) is 0 Å². The number of unbranched alkanes of at least 4 members (excludes halogenated alkanes) is 32. The summed E-state index contributed by atoms with van der Waals surface area (Å²) in [5, 5.41) is 64.5. The second-order valence-corrected chi connectivity index (χ2v) is 18.9. The Balaban J connectivity index is -0.0000000877. The second kappa shape index (κ2) is 92.7. The van der Waals surface area contributed by atoms with Crippen LogP contribution >= 0.6 is 24.8 Å². The molecule has 0 amide bonds. The van der Waals surface area contributed by atoms with Gasteiger partial charge in [0, 0.05) is 51.4 Å². The van der Waals surface area contributed by atoms with Crippen molar-refractivity contribution >= 4 is 72.6 Å². The van der Waals surface area contributed by atoms with Gasteiger partial charge in [0.2, 0.25) is 0 Å². The average Bonchev–Trinajstić information content (AvgIpc) is 3.37. The van der Waals surface area contributed by atoms with Gasteiger partial charge in [0.15, 0.2) is 0 Å². The van der Waals surface area contributed by atoms with Crippen molar-refractivity contribution in [1.29, 1.82) is 0 Å². The molecule has 0 aromatic heterocycles. The van der Waals surface area contributed by atoms with Gasteiger partial charge in [0.25, 0.3) is 0 Å². The second-order valence-electron chi connectivity index (χ2n) is 18.9. The van der Waals surface area contributed by atoms with E-state index in [0.29, 0.717) is 25.7 Å². The van der Waals surface area contributed by atoms with E-state index in [4.69, 9.17) is 40.9 Å². The third-order valence-electron chi connectivity index (χ3n) is 11.2. The van der Waals surface area contributed by atoms with Gasteiger partial charge in [-0.2, -0.15) is 0 Å². The fraction of sp³-hybridized carbons (Fsp3) is 0.867. The zero-order chi connectivity index (χ0) is 59.7. The van der Waals surface area contributed by atoms with E-state index in [-0.39, 0.29) is 50.5 Å². The van der Waals surface area contributed by atoms with E-state index in [0.717, 1.165) is 51.4 Å². The molecule has 0 unspecified atom stereocenters. The van der Waals surface area contributed by atoms with E-state index in [1.54, 1.807) is 27.7 Å². The van der Waals surface area contributed by atoms with Gasteiger partial charge in [-0.05, 0) is 25.7 Å². The molecule has 0 aliphatic heterocycles. The Hall–Kier alpha value is -3.66. The van der Waals surface area contributed by atoms with Gasteiger partial charge in [0.05, 0.1) is 0 Å². The predicted molar refractivity (Wildman–Crippen MR) is 324 cm³/mol. The smallest absolute Gasteiger partial charge is 0.303 e. The van der Waals surface area contributed by atoms with Crippen LogP contribution in [0.4, 0.5) is 0 Å². The Kier molecular flexibility index (Phi) is 115. The Labute approximate surface area is 487 Å². The molecule has 0 aromatic rings. The van der Waals surface area contributed by atoms with E-state index in [1.807, 2.05) is 0 Å². The SMILES string of the molecule is CCC(=O)O.CCC(=O)O.CCC(=O)O.CCC(=O)O.CCCCCCCCCCCC(=O)O.CCCCCCCCCCCC(=O)O.CCCCCCCCCCCC(=O)O.CCCCCCCCCCCC(=O)O.Cl.Cl. The van der Waals surface area contributed by atoms with Gasteiger partial charge in [-0.25, -0.2) is 0 Å². The molecule has 0 bridgehead atoms. The molecule has 16 nitrogen and oxygen atoms in total. The average molecular weight is 1170 g/mol. The van der Waals surface area contributed by atoms with Crippen molar-refractivity contribution in [2.24, 2.45) is 0 Å². The normalized spacial score (nSPS) is 9.33. The van der Waals surface area contributed by atoms with Crippen LogP contribution in [0.5, 0.6) is 0 Å². The van der Waals surface area contributed by atoms with E-state index in [9.17, 15) is 38.4 Å². The highest BCUT2D eigenvalue weighted by Crippen LogP contribution is 2.13. The molecule has 0 atom stereocenters. The molecule has 0 aromatic carbocycles. The first-order valence-electron chi connectivity index (χ1n) is 29.9. The Morgan fingerprint density at radius 3 is 0.346 bits per heavy atom. The molecule has 0 aliphatic rings. The molecular formula is C60H122Cl2O16. The maximum absolute atomic E-state index is 10.2. The highest BCUT2D eigenvalue weighted by molar-refractivity contribution is 5.85. The monoisotopic (exact) mass is 1170 g/mol. The summed E-state index contributed by atoms with van der Waals surface area (Å²) in [7, 11) is 0. The molecule has 0 saturated heterocycles. The number of carboxylic acid groups (broad SMARTS) is 8. The van der Waals surface area contributed by atoms with Gasteiger partial charge in [-0.3, -0.25) is 38.4 Å². The molecule has 0 saturated carbocycles. The van der Waals surface area contributed by atoms with Crippen molar-refractivity contribution in [1.82, 2.24) is 0 Å². The molecule has 8 N–H and O–H groups in total. The first-order chi connectivity index (χ1) is 36.2. The van der Waals surface area contributed by atoms with Crippen molar-refractivity contribution in [3.8, 4) is 0 Å². The number of carbonyl (C=O) groups is 8. The van der Waals surface area contributed by atoms with Gasteiger partial charge in [-0.15, -0.1) is 24.8 Å². The topological polar surface area (TPSA) is 298 Å². The lowest BCUT2D eigenvalue weighted by Gasteiger charge is -2.00. The molecule has 18 heteroatoms. The number of hydrogen-bond acceptors (Lipinski definition) is 8. The Morgan fingerprint density at radius 1 is 0.179 bits per heavy atom. The molecule has 0 fully saturated rings. The summed E-state index contributed by atoms with van der Waals surface area (Å²) < 4.78 is 0. The van der Waals surface area contributed by atoms with E-state index >= 15 is 0 Å². The lowest BCUT2D eigenvalue weighted by molar-refractivity contribution is -0.138. The van der Waals surface area contributed by atoms with Crippen LogP contribution < -0.4 is 0 Å². The molecule has 0 aliphatic carbocycles. The molecule has 472 valence electrons. The minimum Gasteiger partial charge on any atom is -0.481 e. The lowest BCUT2D eigenvalue weighted by atomic mass is 10.1. The Morgan fingerprint density at radius 2 is 0.269 bits per heavy atom. The molecule has 78 heavy (non-hydrogen) atoms. The van der Waals surface area contributed by atoms with Crippen molar-refractivity contribution in [3.63, 3.8) is 0 Å². The van der Waals surface area contributed by atoms with Crippen LogP contribution in [0.3, 0.4) is 0 Å². The third kappa shape index (κ3) is 158. The maximum atomic E-state index is 10.2. The van der Waals surface area contributed by atoms with E-state index in [2.05, 4.69) is 27.7 Å². The summed E-state index contributed by atoms with van der Waals surface area (Å²) in [6.07, 6.45) is 46.8.